The first-order chi connectivity index (χ1) is 9.31. The second kappa shape index (κ2) is 3.93. The second-order valence-corrected chi connectivity index (χ2v) is 5.06. The fourth-order valence-electron chi connectivity index (χ4n) is 2.80. The van der Waals surface area contributed by atoms with E-state index < -0.39 is 0 Å². The summed E-state index contributed by atoms with van der Waals surface area (Å²) in [4.78, 5) is 11.3. The van der Waals surface area contributed by atoms with E-state index in [0.717, 1.165) is 43.4 Å². The van der Waals surface area contributed by atoms with Gasteiger partial charge < -0.3 is 16.0 Å². The third kappa shape index (κ3) is 1.66. The van der Waals surface area contributed by atoms with Gasteiger partial charge in [-0.1, -0.05) is 24.3 Å². The van der Waals surface area contributed by atoms with Gasteiger partial charge in [-0.25, -0.2) is 4.98 Å². The molecule has 0 fully saturated rings. The number of anilines is 2. The minimum absolute atomic E-state index is 0.612. The van der Waals surface area contributed by atoms with E-state index in [1.807, 2.05) is 0 Å². The van der Waals surface area contributed by atoms with E-state index in [0.29, 0.717) is 5.82 Å². The SMILES string of the molecule is Nc1nc(N2Cc3ccccc3C2)nc2c1CNC2. The summed E-state index contributed by atoms with van der Waals surface area (Å²) in [6.07, 6.45) is 0. The van der Waals surface area contributed by atoms with Gasteiger partial charge in [0.15, 0.2) is 0 Å². The molecule has 0 unspecified atom stereocenters. The molecule has 1 aromatic heterocycles. The van der Waals surface area contributed by atoms with Crippen LogP contribution in [0.2, 0.25) is 0 Å². The highest BCUT2D eigenvalue weighted by Crippen LogP contribution is 2.28. The number of aromatic nitrogens is 2. The average Bonchev–Trinajstić information content (AvgIpc) is 3.04. The lowest BCUT2D eigenvalue weighted by atomic mass is 10.1. The summed E-state index contributed by atoms with van der Waals surface area (Å²) < 4.78 is 0. The Hall–Kier alpha value is -2.14. The summed E-state index contributed by atoms with van der Waals surface area (Å²) >= 11 is 0. The van der Waals surface area contributed by atoms with Crippen LogP contribution in [-0.2, 0) is 26.2 Å². The fraction of sp³-hybridized carbons (Fsp3) is 0.286. The first kappa shape index (κ1) is 10.8. The van der Waals surface area contributed by atoms with Crippen molar-refractivity contribution in [2.45, 2.75) is 26.2 Å². The highest BCUT2D eigenvalue weighted by molar-refractivity contribution is 5.51. The lowest BCUT2D eigenvalue weighted by molar-refractivity contribution is 0.755. The Morgan fingerprint density at radius 2 is 1.79 bits per heavy atom. The lowest BCUT2D eigenvalue weighted by Gasteiger charge is -2.16. The Balaban J connectivity index is 1.70. The summed E-state index contributed by atoms with van der Waals surface area (Å²) in [6.45, 7) is 3.29. The molecule has 0 saturated heterocycles. The number of hydrogen-bond acceptors (Lipinski definition) is 5. The zero-order valence-corrected chi connectivity index (χ0v) is 10.6. The third-order valence-electron chi connectivity index (χ3n) is 3.83. The molecule has 2 aromatic rings. The van der Waals surface area contributed by atoms with Crippen molar-refractivity contribution < 1.29 is 0 Å². The predicted octanol–water partition coefficient (Wildman–Crippen LogP) is 1.18. The van der Waals surface area contributed by atoms with E-state index >= 15 is 0 Å². The first-order valence-electron chi connectivity index (χ1n) is 6.49. The van der Waals surface area contributed by atoms with Gasteiger partial charge in [0.05, 0.1) is 5.69 Å². The van der Waals surface area contributed by atoms with Crippen molar-refractivity contribution in [3.8, 4) is 0 Å². The minimum Gasteiger partial charge on any atom is -0.383 e. The van der Waals surface area contributed by atoms with Crippen LogP contribution in [0, 0.1) is 0 Å². The molecule has 3 N–H and O–H groups in total. The summed E-state index contributed by atoms with van der Waals surface area (Å²) in [5.41, 5.74) is 10.8. The minimum atomic E-state index is 0.612. The second-order valence-electron chi connectivity index (χ2n) is 5.06. The molecule has 19 heavy (non-hydrogen) atoms. The lowest BCUT2D eigenvalue weighted by Crippen LogP contribution is -2.19. The van der Waals surface area contributed by atoms with Crippen molar-refractivity contribution in [1.82, 2.24) is 15.3 Å². The van der Waals surface area contributed by atoms with E-state index in [2.05, 4.69) is 44.5 Å². The van der Waals surface area contributed by atoms with E-state index in [1.54, 1.807) is 0 Å². The van der Waals surface area contributed by atoms with E-state index in [1.165, 1.54) is 11.1 Å². The molecule has 0 radical (unpaired) electrons. The van der Waals surface area contributed by atoms with Gasteiger partial charge in [-0.15, -0.1) is 0 Å². The van der Waals surface area contributed by atoms with E-state index in [4.69, 9.17) is 5.73 Å². The average molecular weight is 253 g/mol. The first-order valence-corrected chi connectivity index (χ1v) is 6.49. The molecule has 0 saturated carbocycles. The number of fused-ring (bicyclic) bond motifs is 2. The standard InChI is InChI=1S/C14H15N5/c15-13-11-5-16-6-12(11)17-14(18-13)19-7-9-3-1-2-4-10(9)8-19/h1-4,16H,5-8H2,(H2,15,17,18). The van der Waals surface area contributed by atoms with Crippen LogP contribution in [0.3, 0.4) is 0 Å². The van der Waals surface area contributed by atoms with Crippen LogP contribution >= 0.6 is 0 Å². The molecule has 96 valence electrons. The molecule has 0 spiro atoms. The molecule has 2 aliphatic heterocycles. The molecule has 0 bridgehead atoms. The molecule has 0 amide bonds. The number of nitrogens with two attached hydrogens (primary N) is 1. The normalized spacial score (nSPS) is 16.5. The van der Waals surface area contributed by atoms with Crippen LogP contribution in [0.5, 0.6) is 0 Å². The number of nitrogens with zero attached hydrogens (tertiary/aromatic N) is 3. The van der Waals surface area contributed by atoms with Crippen LogP contribution < -0.4 is 16.0 Å². The Bertz CT molecular complexity index is 627. The maximum absolute atomic E-state index is 6.03. The van der Waals surface area contributed by atoms with Gasteiger partial charge in [-0.3, -0.25) is 0 Å². The van der Waals surface area contributed by atoms with Crippen molar-refractivity contribution in [1.29, 1.82) is 0 Å². The van der Waals surface area contributed by atoms with Crippen LogP contribution in [0.4, 0.5) is 11.8 Å². The van der Waals surface area contributed by atoms with Crippen molar-refractivity contribution >= 4 is 11.8 Å². The molecule has 0 aliphatic carbocycles. The zero-order valence-electron chi connectivity index (χ0n) is 10.6. The molecule has 2 aliphatic rings. The highest BCUT2D eigenvalue weighted by Gasteiger charge is 2.24. The number of hydrogen-bond donors (Lipinski definition) is 2. The van der Waals surface area contributed by atoms with Gasteiger partial charge in [-0.05, 0) is 11.1 Å². The molecule has 1 aromatic carbocycles. The van der Waals surface area contributed by atoms with Crippen LogP contribution in [0.1, 0.15) is 22.4 Å². The van der Waals surface area contributed by atoms with Gasteiger partial charge in [0, 0.05) is 31.7 Å². The number of nitrogens with one attached hydrogen (secondary N) is 1. The molecule has 0 atom stereocenters. The van der Waals surface area contributed by atoms with Gasteiger partial charge in [0.1, 0.15) is 5.82 Å². The fourth-order valence-corrected chi connectivity index (χ4v) is 2.80. The zero-order chi connectivity index (χ0) is 12.8. The van der Waals surface area contributed by atoms with Crippen LogP contribution in [0.15, 0.2) is 24.3 Å². The quantitative estimate of drug-likeness (QED) is 0.799. The van der Waals surface area contributed by atoms with Gasteiger partial charge in [0.2, 0.25) is 5.95 Å². The van der Waals surface area contributed by atoms with Crippen LogP contribution in [0.25, 0.3) is 0 Å². The smallest absolute Gasteiger partial charge is 0.228 e. The topological polar surface area (TPSA) is 67.1 Å². The maximum Gasteiger partial charge on any atom is 0.228 e. The van der Waals surface area contributed by atoms with Crippen molar-refractivity contribution in [2.24, 2.45) is 0 Å². The summed E-state index contributed by atoms with van der Waals surface area (Å²) in [5.74, 6) is 1.36. The van der Waals surface area contributed by atoms with Gasteiger partial charge in [0.25, 0.3) is 0 Å². The van der Waals surface area contributed by atoms with Crippen molar-refractivity contribution in [3.05, 3.63) is 46.6 Å². The molecule has 5 nitrogen and oxygen atoms in total. The summed E-state index contributed by atoms with van der Waals surface area (Å²) in [6, 6.07) is 8.47. The Morgan fingerprint density at radius 1 is 1.05 bits per heavy atom. The summed E-state index contributed by atoms with van der Waals surface area (Å²) in [7, 11) is 0. The van der Waals surface area contributed by atoms with Gasteiger partial charge >= 0.3 is 0 Å². The van der Waals surface area contributed by atoms with Gasteiger partial charge in [-0.2, -0.15) is 4.98 Å². The highest BCUT2D eigenvalue weighted by atomic mass is 15.3. The summed E-state index contributed by atoms with van der Waals surface area (Å²) in [5, 5.41) is 3.26. The Labute approximate surface area is 111 Å². The molecule has 3 heterocycles. The van der Waals surface area contributed by atoms with E-state index in [9.17, 15) is 0 Å². The molecular weight excluding hydrogens is 238 g/mol. The maximum atomic E-state index is 6.03. The van der Waals surface area contributed by atoms with Crippen molar-refractivity contribution in [2.75, 3.05) is 10.6 Å². The van der Waals surface area contributed by atoms with E-state index in [-0.39, 0.29) is 0 Å². The van der Waals surface area contributed by atoms with Crippen molar-refractivity contribution in [3.63, 3.8) is 0 Å². The Morgan fingerprint density at radius 3 is 2.53 bits per heavy atom. The predicted molar refractivity (Wildman–Crippen MR) is 73.3 cm³/mol. The van der Waals surface area contributed by atoms with Crippen LogP contribution in [-0.4, -0.2) is 9.97 Å². The Kier molecular flexibility index (Phi) is 2.22. The molecule has 4 rings (SSSR count). The number of nitrogen functional groups attached to an aromatic ring is 1. The third-order valence-corrected chi connectivity index (χ3v) is 3.83. The molecular formula is C14H15N5. The molecule has 5 heteroatoms. The monoisotopic (exact) mass is 253 g/mol. The largest absolute Gasteiger partial charge is 0.383 e. The number of rotatable bonds is 1. The number of benzene rings is 1.